The lowest BCUT2D eigenvalue weighted by atomic mass is 9.96. The second-order valence-corrected chi connectivity index (χ2v) is 7.96. The highest BCUT2D eigenvalue weighted by Crippen LogP contribution is 2.23. The van der Waals surface area contributed by atoms with Crippen LogP contribution in [0.15, 0.2) is 30.3 Å². The van der Waals surface area contributed by atoms with Crippen LogP contribution in [0.3, 0.4) is 0 Å². The van der Waals surface area contributed by atoms with Crippen molar-refractivity contribution in [2.45, 2.75) is 40.0 Å². The lowest BCUT2D eigenvalue weighted by molar-refractivity contribution is -0.126. The molecule has 0 radical (unpaired) electrons. The van der Waals surface area contributed by atoms with E-state index in [9.17, 15) is 14.4 Å². The molecule has 166 valence electrons. The number of likely N-dealkylation sites (tertiary alicyclic amines) is 1. The molecule has 3 rings (SSSR count). The van der Waals surface area contributed by atoms with Gasteiger partial charge in [-0.1, -0.05) is 30.3 Å². The van der Waals surface area contributed by atoms with Crippen LogP contribution >= 0.6 is 0 Å². The summed E-state index contributed by atoms with van der Waals surface area (Å²) in [5, 5.41) is 3.01. The van der Waals surface area contributed by atoms with Crippen molar-refractivity contribution in [3.8, 4) is 0 Å². The molecule has 0 unspecified atom stereocenters. The van der Waals surface area contributed by atoms with Crippen LogP contribution in [-0.2, 0) is 16.0 Å². The van der Waals surface area contributed by atoms with Gasteiger partial charge in [0.05, 0.1) is 18.1 Å². The summed E-state index contributed by atoms with van der Waals surface area (Å²) >= 11 is 0. The molecular formula is C24H31N3O4. The van der Waals surface area contributed by atoms with E-state index in [1.165, 1.54) is 5.56 Å². The number of benzene rings is 1. The van der Waals surface area contributed by atoms with Crippen molar-refractivity contribution in [3.05, 3.63) is 58.4 Å². The van der Waals surface area contributed by atoms with Crippen molar-refractivity contribution in [2.75, 3.05) is 26.2 Å². The first-order chi connectivity index (χ1) is 14.9. The Labute approximate surface area is 183 Å². The molecule has 2 N–H and O–H groups in total. The number of piperidine rings is 1. The van der Waals surface area contributed by atoms with Crippen LogP contribution in [0.4, 0.5) is 0 Å². The molecule has 0 spiro atoms. The predicted molar refractivity (Wildman–Crippen MR) is 118 cm³/mol. The van der Waals surface area contributed by atoms with E-state index in [0.29, 0.717) is 42.1 Å². The Morgan fingerprint density at radius 3 is 2.65 bits per heavy atom. The third kappa shape index (κ3) is 5.34. The van der Waals surface area contributed by atoms with Crippen molar-refractivity contribution in [3.63, 3.8) is 0 Å². The van der Waals surface area contributed by atoms with Crippen molar-refractivity contribution in [1.29, 1.82) is 0 Å². The number of ether oxygens (including phenoxy) is 1. The Kier molecular flexibility index (Phi) is 7.50. The van der Waals surface area contributed by atoms with Gasteiger partial charge >= 0.3 is 5.97 Å². The summed E-state index contributed by atoms with van der Waals surface area (Å²) in [5.41, 5.74) is 3.20. The average molecular weight is 426 g/mol. The molecule has 2 amide bonds. The molecule has 0 bridgehead atoms. The van der Waals surface area contributed by atoms with Gasteiger partial charge < -0.3 is 19.9 Å². The van der Waals surface area contributed by atoms with Gasteiger partial charge in [-0.3, -0.25) is 9.59 Å². The van der Waals surface area contributed by atoms with Gasteiger partial charge in [-0.05, 0) is 51.2 Å². The molecule has 1 aromatic carbocycles. The maximum atomic E-state index is 13.1. The molecule has 7 nitrogen and oxygen atoms in total. The Bertz CT molecular complexity index is 936. The van der Waals surface area contributed by atoms with Crippen LogP contribution in [0.2, 0.25) is 0 Å². The summed E-state index contributed by atoms with van der Waals surface area (Å²) in [6, 6.07) is 10.0. The molecular weight excluding hydrogens is 394 g/mol. The third-order valence-electron chi connectivity index (χ3n) is 5.77. The highest BCUT2D eigenvalue weighted by atomic mass is 16.5. The highest BCUT2D eigenvalue weighted by Gasteiger charge is 2.31. The van der Waals surface area contributed by atoms with Crippen molar-refractivity contribution < 1.29 is 19.1 Å². The number of H-pyrrole nitrogens is 1. The number of aryl methyl sites for hydroxylation is 1. The number of carbonyl (C=O) groups is 3. The molecule has 1 aliphatic rings. The minimum Gasteiger partial charge on any atom is -0.462 e. The van der Waals surface area contributed by atoms with Gasteiger partial charge in [-0.2, -0.15) is 0 Å². The van der Waals surface area contributed by atoms with Crippen LogP contribution in [0.5, 0.6) is 0 Å². The molecule has 31 heavy (non-hydrogen) atoms. The Balaban J connectivity index is 1.61. The molecule has 1 fully saturated rings. The van der Waals surface area contributed by atoms with E-state index < -0.39 is 5.97 Å². The van der Waals surface area contributed by atoms with Gasteiger partial charge in [0.25, 0.3) is 5.91 Å². The first kappa shape index (κ1) is 22.6. The van der Waals surface area contributed by atoms with Crippen molar-refractivity contribution in [1.82, 2.24) is 15.2 Å². The number of carbonyl (C=O) groups excluding carboxylic acids is 3. The summed E-state index contributed by atoms with van der Waals surface area (Å²) < 4.78 is 5.11. The van der Waals surface area contributed by atoms with E-state index in [4.69, 9.17) is 4.74 Å². The van der Waals surface area contributed by atoms with Gasteiger partial charge in [-0.25, -0.2) is 4.79 Å². The Morgan fingerprint density at radius 1 is 1.19 bits per heavy atom. The van der Waals surface area contributed by atoms with Crippen LogP contribution in [0.25, 0.3) is 0 Å². The Hall–Kier alpha value is -3.09. The minimum atomic E-state index is -0.429. The average Bonchev–Trinajstić information content (AvgIpc) is 3.08. The molecule has 0 saturated carbocycles. The number of hydrogen-bond acceptors (Lipinski definition) is 4. The van der Waals surface area contributed by atoms with Crippen molar-refractivity contribution in [2.24, 2.45) is 5.92 Å². The predicted octanol–water partition coefficient (Wildman–Crippen LogP) is 3.02. The van der Waals surface area contributed by atoms with E-state index in [-0.39, 0.29) is 24.3 Å². The molecule has 2 aromatic rings. The fourth-order valence-corrected chi connectivity index (χ4v) is 4.13. The zero-order valence-corrected chi connectivity index (χ0v) is 18.5. The number of hydrogen-bond donors (Lipinski definition) is 2. The standard InChI is InChI=1S/C24H31N3O4/c1-4-31-24(30)20-16(2)21(26-17(20)3)23(29)27-14-8-11-19(15-27)22(28)25-13-12-18-9-6-5-7-10-18/h5-7,9-10,19,26H,4,8,11-15H2,1-3H3,(H,25,28)/t19-/m1/s1. The van der Waals surface area contributed by atoms with E-state index in [0.717, 1.165) is 19.3 Å². The lowest BCUT2D eigenvalue weighted by Crippen LogP contribution is -2.46. The molecule has 1 aromatic heterocycles. The van der Waals surface area contributed by atoms with E-state index in [2.05, 4.69) is 10.3 Å². The maximum absolute atomic E-state index is 13.1. The second-order valence-electron chi connectivity index (χ2n) is 7.96. The largest absolute Gasteiger partial charge is 0.462 e. The lowest BCUT2D eigenvalue weighted by Gasteiger charge is -2.32. The SMILES string of the molecule is CCOC(=O)c1c(C)[nH]c(C(=O)N2CCC[C@@H](C(=O)NCCc3ccccc3)C2)c1C. The summed E-state index contributed by atoms with van der Waals surface area (Å²) in [6.07, 6.45) is 2.31. The summed E-state index contributed by atoms with van der Waals surface area (Å²) in [6.45, 7) is 7.08. The number of esters is 1. The fourth-order valence-electron chi connectivity index (χ4n) is 4.13. The van der Waals surface area contributed by atoms with Gasteiger partial charge in [0.15, 0.2) is 0 Å². The first-order valence-electron chi connectivity index (χ1n) is 10.9. The van der Waals surface area contributed by atoms with Crippen molar-refractivity contribution >= 4 is 17.8 Å². The fraction of sp³-hybridized carbons (Fsp3) is 0.458. The van der Waals surface area contributed by atoms with Gasteiger partial charge in [0.1, 0.15) is 5.69 Å². The smallest absolute Gasteiger partial charge is 0.340 e. The first-order valence-corrected chi connectivity index (χ1v) is 10.9. The number of nitrogens with one attached hydrogen (secondary N) is 2. The van der Waals surface area contributed by atoms with Crippen LogP contribution in [0, 0.1) is 19.8 Å². The Morgan fingerprint density at radius 2 is 1.94 bits per heavy atom. The topological polar surface area (TPSA) is 91.5 Å². The number of nitrogens with zero attached hydrogens (tertiary/aromatic N) is 1. The van der Waals surface area contributed by atoms with Gasteiger partial charge in [0.2, 0.25) is 5.91 Å². The van der Waals surface area contributed by atoms with E-state index in [1.54, 1.807) is 25.7 Å². The van der Waals surface area contributed by atoms with Gasteiger partial charge in [-0.15, -0.1) is 0 Å². The van der Waals surface area contributed by atoms with E-state index >= 15 is 0 Å². The number of aromatic nitrogens is 1. The second kappa shape index (κ2) is 10.3. The number of aromatic amines is 1. The van der Waals surface area contributed by atoms with Gasteiger partial charge in [0, 0.05) is 25.3 Å². The monoisotopic (exact) mass is 425 g/mol. The minimum absolute atomic E-state index is 0.0139. The quantitative estimate of drug-likeness (QED) is 0.667. The molecule has 1 atom stereocenters. The molecule has 7 heteroatoms. The molecule has 1 aliphatic heterocycles. The highest BCUT2D eigenvalue weighted by molar-refractivity contribution is 6.00. The van der Waals surface area contributed by atoms with Crippen LogP contribution in [0.1, 0.15) is 57.4 Å². The van der Waals surface area contributed by atoms with Crippen LogP contribution < -0.4 is 5.32 Å². The zero-order chi connectivity index (χ0) is 22.4. The van der Waals surface area contributed by atoms with Crippen LogP contribution in [-0.4, -0.2) is 53.9 Å². The summed E-state index contributed by atoms with van der Waals surface area (Å²) in [4.78, 5) is 42.8. The normalized spacial score (nSPS) is 16.1. The summed E-state index contributed by atoms with van der Waals surface area (Å²) in [7, 11) is 0. The molecule has 2 heterocycles. The summed E-state index contributed by atoms with van der Waals surface area (Å²) in [5.74, 6) is -0.852. The number of amides is 2. The maximum Gasteiger partial charge on any atom is 0.340 e. The molecule has 1 saturated heterocycles. The molecule has 0 aliphatic carbocycles. The zero-order valence-electron chi connectivity index (χ0n) is 18.5. The number of rotatable bonds is 7. The van der Waals surface area contributed by atoms with E-state index in [1.807, 2.05) is 30.3 Å². The third-order valence-corrected chi connectivity index (χ3v) is 5.77.